The fourth-order valence-electron chi connectivity index (χ4n) is 0.275. The number of primary amides is 1. The van der Waals surface area contributed by atoms with E-state index in [1.807, 2.05) is 0 Å². The number of hydrogen-bond donors (Lipinski definition) is 5. The van der Waals surface area contributed by atoms with E-state index in [0.717, 1.165) is 0 Å². The molecule has 0 saturated carbocycles. The van der Waals surface area contributed by atoms with Crippen LogP contribution >= 0.6 is 0 Å². The van der Waals surface area contributed by atoms with Gasteiger partial charge < -0.3 is 26.8 Å². The van der Waals surface area contributed by atoms with E-state index < -0.39 is 30.5 Å². The number of rotatable bonds is 3. The van der Waals surface area contributed by atoms with Crippen LogP contribution in [-0.2, 0) is 9.59 Å². The molecule has 0 aromatic carbocycles. The molecule has 13 heavy (non-hydrogen) atoms. The average Bonchev–Trinajstić information content (AvgIpc) is 1.83. The van der Waals surface area contributed by atoms with Gasteiger partial charge in [-0.15, -0.1) is 0 Å². The molecule has 0 aliphatic carbocycles. The van der Waals surface area contributed by atoms with Crippen molar-refractivity contribution in [3.8, 4) is 0 Å². The summed E-state index contributed by atoms with van der Waals surface area (Å²) in [4.78, 5) is 28.4. The Morgan fingerprint density at radius 3 is 1.54 bits per heavy atom. The summed E-state index contributed by atoms with van der Waals surface area (Å²) in [6.45, 7) is 0. The summed E-state index contributed by atoms with van der Waals surface area (Å²) in [6, 6.07) is -1.29. The zero-order chi connectivity index (χ0) is 11.0. The van der Waals surface area contributed by atoms with Gasteiger partial charge in [0.15, 0.2) is 0 Å². The smallest absolute Gasteiger partial charge is 0.402 e. The highest BCUT2D eigenvalue weighted by atomic mass is 16.4. The second-order valence-electron chi connectivity index (χ2n) is 1.88. The maximum absolute atomic E-state index is 9.85. The number of aliphatic carboxylic acids is 2. The molecule has 76 valence electrons. The molecule has 0 radical (unpaired) electrons. The maximum Gasteiger partial charge on any atom is 0.402 e. The molecule has 0 aliphatic heterocycles. The van der Waals surface area contributed by atoms with Gasteiger partial charge in [0.25, 0.3) is 0 Å². The van der Waals surface area contributed by atoms with Gasteiger partial charge in [0.05, 0.1) is 6.42 Å². The molecule has 0 aromatic heterocycles. The van der Waals surface area contributed by atoms with Gasteiger partial charge >= 0.3 is 18.0 Å². The van der Waals surface area contributed by atoms with E-state index in [9.17, 15) is 9.59 Å². The molecule has 0 unspecified atom stereocenters. The van der Waals surface area contributed by atoms with Crippen molar-refractivity contribution in [2.24, 2.45) is 11.5 Å². The van der Waals surface area contributed by atoms with Gasteiger partial charge in [0.2, 0.25) is 0 Å². The van der Waals surface area contributed by atoms with Crippen LogP contribution in [0.15, 0.2) is 0 Å². The number of nitrogens with two attached hydrogens (primary N) is 2. The van der Waals surface area contributed by atoms with Crippen LogP contribution in [0.2, 0.25) is 0 Å². The summed E-state index contributed by atoms with van der Waals surface area (Å²) >= 11 is 0. The van der Waals surface area contributed by atoms with E-state index in [2.05, 4.69) is 5.73 Å². The van der Waals surface area contributed by atoms with Crippen LogP contribution in [0, 0.1) is 0 Å². The van der Waals surface area contributed by atoms with E-state index in [4.69, 9.17) is 25.8 Å². The molecule has 8 heteroatoms. The predicted octanol–water partition coefficient (Wildman–Crippen LogP) is -1.50. The zero-order valence-electron chi connectivity index (χ0n) is 6.51. The first-order chi connectivity index (χ1) is 5.77. The highest BCUT2D eigenvalue weighted by molar-refractivity contribution is 5.80. The third-order valence-electron chi connectivity index (χ3n) is 0.712. The van der Waals surface area contributed by atoms with Gasteiger partial charge in [-0.25, -0.2) is 4.79 Å². The van der Waals surface area contributed by atoms with Crippen LogP contribution in [0.25, 0.3) is 0 Å². The lowest BCUT2D eigenvalue weighted by Crippen LogP contribution is -2.32. The minimum absolute atomic E-state index is 0.532. The largest absolute Gasteiger partial charge is 0.481 e. The van der Waals surface area contributed by atoms with Gasteiger partial charge in [-0.05, 0) is 0 Å². The topological polar surface area (TPSA) is 164 Å². The molecule has 7 N–H and O–H groups in total. The number of amides is 1. The highest BCUT2D eigenvalue weighted by Gasteiger charge is 2.14. The van der Waals surface area contributed by atoms with Crippen molar-refractivity contribution in [1.29, 1.82) is 0 Å². The minimum Gasteiger partial charge on any atom is -0.481 e. The van der Waals surface area contributed by atoms with Crippen molar-refractivity contribution in [3.63, 3.8) is 0 Å². The lowest BCUT2D eigenvalue weighted by Gasteiger charge is -1.99. The van der Waals surface area contributed by atoms with Gasteiger partial charge in [-0.3, -0.25) is 9.59 Å². The number of carbonyl (C=O) groups is 3. The fraction of sp³-hybridized carbons (Fsp3) is 0.400. The first-order valence-corrected chi connectivity index (χ1v) is 2.96. The van der Waals surface area contributed by atoms with Crippen LogP contribution in [0.5, 0.6) is 0 Å². The van der Waals surface area contributed by atoms with E-state index in [0.29, 0.717) is 0 Å². The lowest BCUT2D eigenvalue weighted by molar-refractivity contribution is -0.144. The van der Waals surface area contributed by atoms with Crippen molar-refractivity contribution < 1.29 is 29.7 Å². The molecular weight excluding hydrogens is 184 g/mol. The summed E-state index contributed by atoms with van der Waals surface area (Å²) < 4.78 is 0. The molecule has 0 rings (SSSR count). The first-order valence-electron chi connectivity index (χ1n) is 2.96. The molecule has 0 aliphatic rings. The minimum atomic E-state index is -1.33. The molecule has 0 fully saturated rings. The molecule has 0 saturated heterocycles. The normalized spacial score (nSPS) is 10.5. The summed E-state index contributed by atoms with van der Waals surface area (Å²) in [5.41, 5.74) is 8.86. The molecule has 1 amide bonds. The molecule has 1 atom stereocenters. The lowest BCUT2D eigenvalue weighted by atomic mass is 10.2. The van der Waals surface area contributed by atoms with Gasteiger partial charge in [-0.2, -0.15) is 0 Å². The van der Waals surface area contributed by atoms with Crippen LogP contribution in [0.4, 0.5) is 4.79 Å². The van der Waals surface area contributed by atoms with Crippen molar-refractivity contribution in [2.75, 3.05) is 0 Å². The van der Waals surface area contributed by atoms with Gasteiger partial charge in [0, 0.05) is 0 Å². The Balaban J connectivity index is 0. The Labute approximate surface area is 72.8 Å². The maximum atomic E-state index is 9.85. The van der Waals surface area contributed by atoms with E-state index in [1.165, 1.54) is 0 Å². The second-order valence-corrected chi connectivity index (χ2v) is 1.88. The zero-order valence-corrected chi connectivity index (χ0v) is 6.51. The summed E-state index contributed by atoms with van der Waals surface area (Å²) in [5, 5.41) is 23.2. The molecule has 0 heterocycles. The molecule has 0 aromatic rings. The van der Waals surface area contributed by atoms with Gasteiger partial charge in [0.1, 0.15) is 6.04 Å². The van der Waals surface area contributed by atoms with Crippen molar-refractivity contribution >= 4 is 18.0 Å². The third-order valence-corrected chi connectivity index (χ3v) is 0.712. The van der Waals surface area contributed by atoms with E-state index in [1.54, 1.807) is 0 Å². The number of carboxylic acids is 2. The Morgan fingerprint density at radius 2 is 1.46 bits per heavy atom. The second kappa shape index (κ2) is 6.85. The fourth-order valence-corrected chi connectivity index (χ4v) is 0.275. The van der Waals surface area contributed by atoms with Gasteiger partial charge in [-0.1, -0.05) is 0 Å². The van der Waals surface area contributed by atoms with Crippen LogP contribution in [0.3, 0.4) is 0 Å². The number of hydrogen-bond acceptors (Lipinski definition) is 4. The van der Waals surface area contributed by atoms with Crippen LogP contribution < -0.4 is 11.5 Å². The van der Waals surface area contributed by atoms with Crippen molar-refractivity contribution in [2.45, 2.75) is 12.5 Å². The average molecular weight is 194 g/mol. The number of carboxylic acid groups (broad SMARTS) is 3. The third kappa shape index (κ3) is 17.8. The Kier molecular flexibility index (Phi) is 7.24. The van der Waals surface area contributed by atoms with Crippen molar-refractivity contribution in [1.82, 2.24) is 0 Å². The Bertz CT molecular complexity index is 199. The first kappa shape index (κ1) is 13.7. The van der Waals surface area contributed by atoms with Crippen LogP contribution in [-0.4, -0.2) is 39.4 Å². The highest BCUT2D eigenvalue weighted by Crippen LogP contribution is 1.86. The van der Waals surface area contributed by atoms with E-state index in [-0.39, 0.29) is 0 Å². The molecular formula is C5H10N2O6. The predicted molar refractivity (Wildman–Crippen MR) is 40.1 cm³/mol. The standard InChI is InChI=1S/C4H7NO4.CH3NO2/c5-2(4(8)9)1-3(6)7;2-1(3)4/h2H,1,5H2,(H,6,7)(H,8,9);2H2,(H,3,4)/t2-;/m0./s1. The van der Waals surface area contributed by atoms with Crippen molar-refractivity contribution in [3.05, 3.63) is 0 Å². The summed E-state index contributed by atoms with van der Waals surface area (Å²) in [7, 11) is 0. The molecule has 0 spiro atoms. The quantitative estimate of drug-likeness (QED) is 0.364. The monoisotopic (exact) mass is 194 g/mol. The molecule has 8 nitrogen and oxygen atoms in total. The summed E-state index contributed by atoms with van der Waals surface area (Å²) in [5.74, 6) is -2.50. The summed E-state index contributed by atoms with van der Waals surface area (Å²) in [6.07, 6.45) is -1.87. The van der Waals surface area contributed by atoms with Crippen LogP contribution in [0.1, 0.15) is 6.42 Å². The Hall–Kier alpha value is -1.83. The molecule has 0 bridgehead atoms. The SMILES string of the molecule is NC(=O)O.N[C@@H](CC(=O)O)C(=O)O. The van der Waals surface area contributed by atoms with E-state index >= 15 is 0 Å². The Morgan fingerprint density at radius 1 is 1.15 bits per heavy atom.